The lowest BCUT2D eigenvalue weighted by Gasteiger charge is -2.37. The van der Waals surface area contributed by atoms with Crippen LogP contribution in [0.1, 0.15) is 71.1 Å². The van der Waals surface area contributed by atoms with Crippen molar-refractivity contribution in [3.8, 4) is 0 Å². The SMILES string of the molecule is CCCC1CCC(C2CCC(C(=O)OCC(F)(F)C(F)F)CC2)CC1. The number of esters is 1. The Bertz CT molecular complexity index is 412. The molecule has 0 aliphatic heterocycles. The van der Waals surface area contributed by atoms with Gasteiger partial charge in [0.05, 0.1) is 5.92 Å². The molecule has 146 valence electrons. The molecular formula is C19H30F4O2. The first-order chi connectivity index (χ1) is 11.8. The van der Waals surface area contributed by atoms with Gasteiger partial charge in [-0.05, 0) is 56.3 Å². The number of carbonyl (C=O) groups is 1. The van der Waals surface area contributed by atoms with E-state index >= 15 is 0 Å². The monoisotopic (exact) mass is 366 g/mol. The van der Waals surface area contributed by atoms with Gasteiger partial charge in [0, 0.05) is 0 Å². The average molecular weight is 366 g/mol. The maximum atomic E-state index is 12.8. The summed E-state index contributed by atoms with van der Waals surface area (Å²) < 4.78 is 54.3. The van der Waals surface area contributed by atoms with Crippen LogP contribution in [0.4, 0.5) is 17.6 Å². The first kappa shape index (κ1) is 20.5. The van der Waals surface area contributed by atoms with Crippen molar-refractivity contribution in [2.75, 3.05) is 6.61 Å². The van der Waals surface area contributed by atoms with Crippen molar-refractivity contribution in [3.05, 3.63) is 0 Å². The fourth-order valence-corrected chi connectivity index (χ4v) is 4.53. The molecule has 0 spiro atoms. The predicted molar refractivity (Wildman–Crippen MR) is 87.7 cm³/mol. The molecule has 0 heterocycles. The van der Waals surface area contributed by atoms with Gasteiger partial charge in [0.1, 0.15) is 0 Å². The molecule has 0 radical (unpaired) electrons. The van der Waals surface area contributed by atoms with E-state index in [0.717, 1.165) is 18.8 Å². The highest BCUT2D eigenvalue weighted by atomic mass is 19.3. The molecule has 0 unspecified atom stereocenters. The summed E-state index contributed by atoms with van der Waals surface area (Å²) in [6, 6.07) is 0. The fraction of sp³-hybridized carbons (Fsp3) is 0.947. The molecule has 0 aromatic rings. The Morgan fingerprint density at radius 1 is 1.00 bits per heavy atom. The minimum Gasteiger partial charge on any atom is -0.459 e. The van der Waals surface area contributed by atoms with E-state index in [1.165, 1.54) is 38.5 Å². The molecule has 2 aliphatic rings. The minimum atomic E-state index is -4.26. The Hall–Kier alpha value is -0.810. The van der Waals surface area contributed by atoms with Crippen molar-refractivity contribution < 1.29 is 27.1 Å². The standard InChI is InChI=1S/C19H30F4O2/c1-2-3-13-4-6-14(7-5-13)15-8-10-16(11-9-15)17(24)25-12-19(22,23)18(20)21/h13-16,18H,2-12H2,1H3. The molecule has 2 saturated carbocycles. The summed E-state index contributed by atoms with van der Waals surface area (Å²) in [6.07, 6.45) is 6.92. The molecule has 0 atom stereocenters. The van der Waals surface area contributed by atoms with E-state index in [1.54, 1.807) is 0 Å². The van der Waals surface area contributed by atoms with Gasteiger partial charge in [0.2, 0.25) is 0 Å². The van der Waals surface area contributed by atoms with Crippen LogP contribution in [0.25, 0.3) is 0 Å². The van der Waals surface area contributed by atoms with E-state index < -0.39 is 30.8 Å². The van der Waals surface area contributed by atoms with Crippen LogP contribution in [0.15, 0.2) is 0 Å². The Kier molecular flexibility index (Phi) is 7.56. The molecule has 2 rings (SSSR count). The molecule has 25 heavy (non-hydrogen) atoms. The summed E-state index contributed by atoms with van der Waals surface area (Å²) in [5.74, 6) is -3.23. The van der Waals surface area contributed by atoms with Crippen LogP contribution in [0.3, 0.4) is 0 Å². The second-order valence-corrected chi connectivity index (χ2v) is 7.85. The summed E-state index contributed by atoms with van der Waals surface area (Å²) >= 11 is 0. The summed E-state index contributed by atoms with van der Waals surface area (Å²) in [5.41, 5.74) is 0. The number of hydrogen-bond donors (Lipinski definition) is 0. The van der Waals surface area contributed by atoms with Crippen LogP contribution < -0.4 is 0 Å². The molecule has 0 saturated heterocycles. The molecule has 0 aromatic heterocycles. The maximum Gasteiger partial charge on any atom is 0.340 e. The molecule has 0 amide bonds. The number of halogens is 4. The Morgan fingerprint density at radius 3 is 2.00 bits per heavy atom. The fourth-order valence-electron chi connectivity index (χ4n) is 4.53. The highest BCUT2D eigenvalue weighted by molar-refractivity contribution is 5.72. The molecule has 2 fully saturated rings. The van der Waals surface area contributed by atoms with Crippen molar-refractivity contribution in [2.45, 2.75) is 83.5 Å². The predicted octanol–water partition coefficient (Wildman–Crippen LogP) is 5.84. The molecule has 0 aromatic carbocycles. The number of rotatable bonds is 7. The molecular weight excluding hydrogens is 336 g/mol. The summed E-state index contributed by atoms with van der Waals surface area (Å²) in [6.45, 7) is 0.703. The molecule has 0 bridgehead atoms. The quantitative estimate of drug-likeness (QED) is 0.418. The topological polar surface area (TPSA) is 26.3 Å². The third-order valence-electron chi connectivity index (χ3n) is 6.09. The zero-order valence-corrected chi connectivity index (χ0v) is 15.0. The normalized spacial score (nSPS) is 31.1. The van der Waals surface area contributed by atoms with E-state index in [4.69, 9.17) is 0 Å². The van der Waals surface area contributed by atoms with E-state index in [9.17, 15) is 22.4 Å². The van der Waals surface area contributed by atoms with Crippen molar-refractivity contribution in [3.63, 3.8) is 0 Å². The van der Waals surface area contributed by atoms with E-state index in [2.05, 4.69) is 11.7 Å². The van der Waals surface area contributed by atoms with Gasteiger partial charge in [-0.1, -0.05) is 32.6 Å². The van der Waals surface area contributed by atoms with Crippen LogP contribution in [-0.2, 0) is 9.53 Å². The largest absolute Gasteiger partial charge is 0.459 e. The molecule has 2 nitrogen and oxygen atoms in total. The Morgan fingerprint density at radius 2 is 1.52 bits per heavy atom. The van der Waals surface area contributed by atoms with Crippen molar-refractivity contribution in [1.82, 2.24) is 0 Å². The van der Waals surface area contributed by atoms with Crippen LogP contribution in [0.5, 0.6) is 0 Å². The third kappa shape index (κ3) is 5.85. The highest BCUT2D eigenvalue weighted by Crippen LogP contribution is 2.42. The lowest BCUT2D eigenvalue weighted by Crippen LogP contribution is -2.35. The van der Waals surface area contributed by atoms with E-state index in [1.807, 2.05) is 0 Å². The maximum absolute atomic E-state index is 12.8. The van der Waals surface area contributed by atoms with Gasteiger partial charge in [-0.25, -0.2) is 8.78 Å². The van der Waals surface area contributed by atoms with Gasteiger partial charge in [-0.15, -0.1) is 0 Å². The minimum absolute atomic E-state index is 0.416. The van der Waals surface area contributed by atoms with Crippen LogP contribution in [0, 0.1) is 23.7 Å². The summed E-state index contributed by atoms with van der Waals surface area (Å²) in [7, 11) is 0. The van der Waals surface area contributed by atoms with Gasteiger partial charge < -0.3 is 4.74 Å². The van der Waals surface area contributed by atoms with Crippen molar-refractivity contribution >= 4 is 5.97 Å². The number of alkyl halides is 4. The van der Waals surface area contributed by atoms with Gasteiger partial charge in [0.15, 0.2) is 6.61 Å². The Labute approximate surface area is 147 Å². The first-order valence-corrected chi connectivity index (χ1v) is 9.66. The van der Waals surface area contributed by atoms with Crippen LogP contribution >= 0.6 is 0 Å². The van der Waals surface area contributed by atoms with Crippen LogP contribution in [0.2, 0.25) is 0 Å². The number of ether oxygens (including phenoxy) is 1. The molecule has 0 N–H and O–H groups in total. The first-order valence-electron chi connectivity index (χ1n) is 9.66. The molecule has 2 aliphatic carbocycles. The second-order valence-electron chi connectivity index (χ2n) is 7.85. The average Bonchev–Trinajstić information content (AvgIpc) is 2.61. The third-order valence-corrected chi connectivity index (χ3v) is 6.09. The van der Waals surface area contributed by atoms with Crippen molar-refractivity contribution in [2.24, 2.45) is 23.7 Å². The van der Waals surface area contributed by atoms with Gasteiger partial charge in [-0.3, -0.25) is 4.79 Å². The summed E-state index contributed by atoms with van der Waals surface area (Å²) in [4.78, 5) is 11.9. The van der Waals surface area contributed by atoms with Crippen LogP contribution in [-0.4, -0.2) is 24.9 Å². The highest BCUT2D eigenvalue weighted by Gasteiger charge is 2.43. The van der Waals surface area contributed by atoms with E-state index in [-0.39, 0.29) is 0 Å². The number of carbonyl (C=O) groups excluding carboxylic acids is 1. The Balaban J connectivity index is 1.70. The number of hydrogen-bond acceptors (Lipinski definition) is 2. The zero-order chi connectivity index (χ0) is 18.4. The van der Waals surface area contributed by atoms with Gasteiger partial charge in [-0.2, -0.15) is 8.78 Å². The summed E-state index contributed by atoms with van der Waals surface area (Å²) in [5, 5.41) is 0. The lowest BCUT2D eigenvalue weighted by atomic mass is 9.69. The zero-order valence-electron chi connectivity index (χ0n) is 15.0. The van der Waals surface area contributed by atoms with E-state index in [0.29, 0.717) is 24.7 Å². The van der Waals surface area contributed by atoms with Crippen molar-refractivity contribution in [1.29, 1.82) is 0 Å². The lowest BCUT2D eigenvalue weighted by molar-refractivity contribution is -0.183. The van der Waals surface area contributed by atoms with Gasteiger partial charge >= 0.3 is 18.3 Å². The second kappa shape index (κ2) is 9.22. The smallest absolute Gasteiger partial charge is 0.340 e. The molecule has 6 heteroatoms. The van der Waals surface area contributed by atoms with Gasteiger partial charge in [0.25, 0.3) is 0 Å².